The Morgan fingerprint density at radius 1 is 1.27 bits per heavy atom. The van der Waals surface area contributed by atoms with Gasteiger partial charge in [-0.2, -0.15) is 13.2 Å². The van der Waals surface area contributed by atoms with Crippen LogP contribution in [0, 0.1) is 0 Å². The molecule has 1 aromatic heterocycles. The maximum Gasteiger partial charge on any atom is 0.418 e. The number of alkyl halides is 3. The smallest absolute Gasteiger partial charge is 0.385 e. The number of anilines is 2. The second-order valence-corrected chi connectivity index (χ2v) is 5.64. The minimum absolute atomic E-state index is 0.0329. The van der Waals surface area contributed by atoms with Gasteiger partial charge in [-0.25, -0.2) is 9.97 Å². The first kappa shape index (κ1) is 19.9. The molecular formula is C16H16ClF3N4O2. The summed E-state index contributed by atoms with van der Waals surface area (Å²) in [6.07, 6.45) is -1.58. The Bertz CT molecular complexity index is 754. The summed E-state index contributed by atoms with van der Waals surface area (Å²) >= 11 is 5.63. The zero-order valence-electron chi connectivity index (χ0n) is 13.7. The summed E-state index contributed by atoms with van der Waals surface area (Å²) in [4.78, 5) is 19.7. The zero-order chi connectivity index (χ0) is 19.2. The van der Waals surface area contributed by atoms with Crippen LogP contribution in [0.5, 0.6) is 0 Å². The molecule has 0 atom stereocenters. The van der Waals surface area contributed by atoms with E-state index in [0.717, 1.165) is 6.07 Å². The molecule has 0 spiro atoms. The third-order valence-electron chi connectivity index (χ3n) is 3.25. The summed E-state index contributed by atoms with van der Waals surface area (Å²) in [6, 6.07) is 3.34. The van der Waals surface area contributed by atoms with Crippen molar-refractivity contribution >= 4 is 29.0 Å². The van der Waals surface area contributed by atoms with Crippen LogP contribution in [0.1, 0.15) is 22.5 Å². The first-order chi connectivity index (χ1) is 12.3. The average Bonchev–Trinajstić information content (AvgIpc) is 2.60. The van der Waals surface area contributed by atoms with Gasteiger partial charge >= 0.3 is 6.18 Å². The highest BCUT2D eigenvalue weighted by Gasteiger charge is 2.34. The quantitative estimate of drug-likeness (QED) is 0.708. The van der Waals surface area contributed by atoms with Gasteiger partial charge in [0.05, 0.1) is 23.6 Å². The Morgan fingerprint density at radius 2 is 2.04 bits per heavy atom. The lowest BCUT2D eigenvalue weighted by Crippen LogP contribution is -2.26. The van der Waals surface area contributed by atoms with Crippen molar-refractivity contribution in [3.63, 3.8) is 0 Å². The standard InChI is InChI=1S/C16H16ClF3N4O2/c1-26-6-2-5-21-15(25)13-8-23-14(9-22-13)24-12-4-3-10(17)7-11(12)16(18,19)20/h3-4,7-9H,2,5-6H2,1H3,(H,21,25)(H,23,24). The fourth-order valence-electron chi connectivity index (χ4n) is 2.02. The lowest BCUT2D eigenvalue weighted by Gasteiger charge is -2.14. The van der Waals surface area contributed by atoms with Crippen LogP contribution in [-0.4, -0.2) is 36.1 Å². The number of carbonyl (C=O) groups excluding carboxylic acids is 1. The van der Waals surface area contributed by atoms with E-state index in [1.165, 1.54) is 24.5 Å². The molecule has 0 aliphatic carbocycles. The normalized spacial score (nSPS) is 11.3. The highest BCUT2D eigenvalue weighted by Crippen LogP contribution is 2.37. The maximum absolute atomic E-state index is 13.1. The van der Waals surface area contributed by atoms with Crippen LogP contribution in [0.25, 0.3) is 0 Å². The van der Waals surface area contributed by atoms with Crippen molar-refractivity contribution in [3.05, 3.63) is 46.9 Å². The molecule has 1 heterocycles. The molecule has 26 heavy (non-hydrogen) atoms. The zero-order valence-corrected chi connectivity index (χ0v) is 14.5. The Labute approximate surface area is 152 Å². The predicted molar refractivity (Wildman–Crippen MR) is 90.6 cm³/mol. The Kier molecular flexibility index (Phi) is 6.76. The van der Waals surface area contributed by atoms with E-state index in [1.54, 1.807) is 7.11 Å². The number of ether oxygens (including phenoxy) is 1. The van der Waals surface area contributed by atoms with Gasteiger partial charge in [0.15, 0.2) is 0 Å². The largest absolute Gasteiger partial charge is 0.418 e. The first-order valence-electron chi connectivity index (χ1n) is 7.54. The molecule has 2 rings (SSSR count). The average molecular weight is 389 g/mol. The molecule has 0 aliphatic heterocycles. The molecule has 6 nitrogen and oxygen atoms in total. The molecule has 140 valence electrons. The van der Waals surface area contributed by atoms with E-state index in [2.05, 4.69) is 20.6 Å². The van der Waals surface area contributed by atoms with Crippen molar-refractivity contribution < 1.29 is 22.7 Å². The van der Waals surface area contributed by atoms with Gasteiger partial charge in [0.25, 0.3) is 5.91 Å². The van der Waals surface area contributed by atoms with Crippen LogP contribution >= 0.6 is 11.6 Å². The Morgan fingerprint density at radius 3 is 2.65 bits per heavy atom. The number of nitrogens with zero attached hydrogens (tertiary/aromatic N) is 2. The van der Waals surface area contributed by atoms with Gasteiger partial charge in [-0.3, -0.25) is 4.79 Å². The van der Waals surface area contributed by atoms with Gasteiger partial charge in [0.1, 0.15) is 11.5 Å². The summed E-state index contributed by atoms with van der Waals surface area (Å²) in [7, 11) is 1.56. The summed E-state index contributed by atoms with van der Waals surface area (Å²) in [5.41, 5.74) is -1.08. The molecule has 0 bridgehead atoms. The van der Waals surface area contributed by atoms with E-state index in [4.69, 9.17) is 16.3 Å². The fraction of sp³-hybridized carbons (Fsp3) is 0.312. The van der Waals surface area contributed by atoms with E-state index >= 15 is 0 Å². The summed E-state index contributed by atoms with van der Waals surface area (Å²) in [5, 5.41) is 5.13. The van der Waals surface area contributed by atoms with Crippen molar-refractivity contribution in [1.82, 2.24) is 15.3 Å². The molecule has 0 fully saturated rings. The summed E-state index contributed by atoms with van der Waals surface area (Å²) in [6.45, 7) is 0.922. The number of nitrogens with one attached hydrogen (secondary N) is 2. The van der Waals surface area contributed by atoms with Crippen molar-refractivity contribution in [2.24, 2.45) is 0 Å². The fourth-order valence-corrected chi connectivity index (χ4v) is 2.19. The van der Waals surface area contributed by atoms with E-state index in [-0.39, 0.29) is 22.2 Å². The van der Waals surface area contributed by atoms with Gasteiger partial charge in [0, 0.05) is 25.3 Å². The third-order valence-corrected chi connectivity index (χ3v) is 3.48. The number of methoxy groups -OCH3 is 1. The number of hydrogen-bond donors (Lipinski definition) is 2. The van der Waals surface area contributed by atoms with Crippen LogP contribution in [0.15, 0.2) is 30.6 Å². The van der Waals surface area contributed by atoms with Gasteiger partial charge in [-0.1, -0.05) is 11.6 Å². The topological polar surface area (TPSA) is 76.1 Å². The number of rotatable bonds is 7. The molecule has 0 radical (unpaired) electrons. The third kappa shape index (κ3) is 5.57. The van der Waals surface area contributed by atoms with Gasteiger partial charge in [-0.15, -0.1) is 0 Å². The predicted octanol–water partition coefficient (Wildman–Crippen LogP) is 3.66. The van der Waals surface area contributed by atoms with Crippen LogP contribution < -0.4 is 10.6 Å². The molecule has 0 saturated heterocycles. The summed E-state index contributed by atoms with van der Waals surface area (Å²) < 4.78 is 44.1. The number of benzene rings is 1. The molecule has 2 aromatic rings. The molecular weight excluding hydrogens is 373 g/mol. The molecule has 2 N–H and O–H groups in total. The minimum atomic E-state index is -4.58. The Hall–Kier alpha value is -2.39. The van der Waals surface area contributed by atoms with Crippen molar-refractivity contribution in [3.8, 4) is 0 Å². The van der Waals surface area contributed by atoms with Gasteiger partial charge < -0.3 is 15.4 Å². The molecule has 10 heteroatoms. The highest BCUT2D eigenvalue weighted by molar-refractivity contribution is 6.30. The van der Waals surface area contributed by atoms with Gasteiger partial charge in [0.2, 0.25) is 0 Å². The molecule has 0 aliphatic rings. The number of halogens is 4. The first-order valence-corrected chi connectivity index (χ1v) is 7.92. The van der Waals surface area contributed by atoms with E-state index in [1.807, 2.05) is 0 Å². The molecule has 1 amide bonds. The van der Waals surface area contributed by atoms with E-state index in [9.17, 15) is 18.0 Å². The van der Waals surface area contributed by atoms with Crippen LogP contribution in [-0.2, 0) is 10.9 Å². The van der Waals surface area contributed by atoms with Crippen LogP contribution in [0.2, 0.25) is 5.02 Å². The number of amides is 1. The molecule has 1 aromatic carbocycles. The van der Waals surface area contributed by atoms with Crippen molar-refractivity contribution in [2.75, 3.05) is 25.6 Å². The molecule has 0 unspecified atom stereocenters. The SMILES string of the molecule is COCCCNC(=O)c1cnc(Nc2ccc(Cl)cc2C(F)(F)F)cn1. The van der Waals surface area contributed by atoms with Crippen LogP contribution in [0.3, 0.4) is 0 Å². The van der Waals surface area contributed by atoms with Gasteiger partial charge in [-0.05, 0) is 24.6 Å². The highest BCUT2D eigenvalue weighted by atomic mass is 35.5. The Balaban J connectivity index is 2.07. The second-order valence-electron chi connectivity index (χ2n) is 5.20. The van der Waals surface area contributed by atoms with E-state index in [0.29, 0.717) is 19.6 Å². The van der Waals surface area contributed by atoms with E-state index < -0.39 is 17.6 Å². The molecule has 0 saturated carbocycles. The monoisotopic (exact) mass is 388 g/mol. The second kappa shape index (κ2) is 8.81. The number of hydrogen-bond acceptors (Lipinski definition) is 5. The minimum Gasteiger partial charge on any atom is -0.385 e. The number of carbonyl (C=O) groups is 1. The lowest BCUT2D eigenvalue weighted by atomic mass is 10.1. The van der Waals surface area contributed by atoms with Crippen molar-refractivity contribution in [1.29, 1.82) is 0 Å². The van der Waals surface area contributed by atoms with Crippen LogP contribution in [0.4, 0.5) is 24.7 Å². The van der Waals surface area contributed by atoms with Crippen molar-refractivity contribution in [2.45, 2.75) is 12.6 Å². The lowest BCUT2D eigenvalue weighted by molar-refractivity contribution is -0.136. The maximum atomic E-state index is 13.1. The number of aromatic nitrogens is 2. The summed E-state index contributed by atoms with van der Waals surface area (Å²) in [5.74, 6) is -0.364.